The summed E-state index contributed by atoms with van der Waals surface area (Å²) in [5.74, 6) is 1.24. The fraction of sp³-hybridized carbons (Fsp3) is 0.333. The average molecular weight is 283 g/mol. The molecule has 0 saturated carbocycles. The average Bonchev–Trinajstić information content (AvgIpc) is 2.96. The third kappa shape index (κ3) is 2.63. The smallest absolute Gasteiger partial charge is 0.0441 e. The van der Waals surface area contributed by atoms with Crippen LogP contribution in [0, 0.1) is 0 Å². The highest BCUT2D eigenvalue weighted by molar-refractivity contribution is 8.00. The van der Waals surface area contributed by atoms with E-state index in [-0.39, 0.29) is 10.8 Å². The van der Waals surface area contributed by atoms with Crippen LogP contribution in [0.4, 0.5) is 0 Å². The first-order chi connectivity index (χ1) is 9.69. The maximum absolute atomic E-state index is 6.50. The summed E-state index contributed by atoms with van der Waals surface area (Å²) in [5, 5.41) is 0. The fourth-order valence-corrected chi connectivity index (χ4v) is 4.27. The lowest BCUT2D eigenvalue weighted by atomic mass is 9.90. The molecule has 2 atom stereocenters. The molecule has 2 unspecified atom stereocenters. The standard InChI is InChI=1S/C18H21NS/c1-18(12-5-13-20-18)17(19)16-10-8-15(9-11-16)14-6-3-2-4-7-14/h2-4,6-11,17H,5,12-13,19H2,1H3. The maximum Gasteiger partial charge on any atom is 0.0441 e. The van der Waals surface area contributed by atoms with Gasteiger partial charge in [-0.25, -0.2) is 0 Å². The highest BCUT2D eigenvalue weighted by Gasteiger charge is 2.36. The second kappa shape index (κ2) is 5.63. The Balaban J connectivity index is 1.83. The van der Waals surface area contributed by atoms with Crippen LogP contribution in [0.5, 0.6) is 0 Å². The summed E-state index contributed by atoms with van der Waals surface area (Å²) < 4.78 is 0.203. The first-order valence-electron chi connectivity index (χ1n) is 7.24. The molecule has 2 aromatic rings. The molecule has 0 aromatic heterocycles. The SMILES string of the molecule is CC1(C(N)c2ccc(-c3ccccc3)cc2)CCCS1. The van der Waals surface area contributed by atoms with Gasteiger partial charge in [0.15, 0.2) is 0 Å². The molecule has 2 N–H and O–H groups in total. The number of rotatable bonds is 3. The Morgan fingerprint density at radius 1 is 1.00 bits per heavy atom. The molecule has 0 bridgehead atoms. The van der Waals surface area contributed by atoms with Crippen molar-refractivity contribution in [2.45, 2.75) is 30.6 Å². The predicted octanol–water partition coefficient (Wildman–Crippen LogP) is 4.64. The van der Waals surface area contributed by atoms with Gasteiger partial charge < -0.3 is 5.73 Å². The van der Waals surface area contributed by atoms with Crippen molar-refractivity contribution >= 4 is 11.8 Å². The molecule has 0 spiro atoms. The number of nitrogens with two attached hydrogens (primary N) is 1. The topological polar surface area (TPSA) is 26.0 Å². The highest BCUT2D eigenvalue weighted by Crippen LogP contribution is 2.45. The lowest BCUT2D eigenvalue weighted by molar-refractivity contribution is 0.502. The predicted molar refractivity (Wildman–Crippen MR) is 88.9 cm³/mol. The third-order valence-electron chi connectivity index (χ3n) is 4.28. The molecular weight excluding hydrogens is 262 g/mol. The van der Waals surface area contributed by atoms with E-state index < -0.39 is 0 Å². The molecule has 2 aromatic carbocycles. The van der Waals surface area contributed by atoms with Gasteiger partial charge >= 0.3 is 0 Å². The van der Waals surface area contributed by atoms with Crippen LogP contribution in [-0.4, -0.2) is 10.5 Å². The summed E-state index contributed by atoms with van der Waals surface area (Å²) >= 11 is 2.02. The van der Waals surface area contributed by atoms with E-state index in [2.05, 4.69) is 55.5 Å². The maximum atomic E-state index is 6.50. The van der Waals surface area contributed by atoms with Crippen LogP contribution < -0.4 is 5.73 Å². The van der Waals surface area contributed by atoms with Crippen molar-refractivity contribution in [1.29, 1.82) is 0 Å². The largest absolute Gasteiger partial charge is 0.323 e. The number of thioether (sulfide) groups is 1. The summed E-state index contributed by atoms with van der Waals surface area (Å²) in [5.41, 5.74) is 10.3. The molecule has 3 rings (SSSR count). The van der Waals surface area contributed by atoms with Crippen LogP contribution in [0.15, 0.2) is 54.6 Å². The molecule has 1 aliphatic heterocycles. The molecule has 2 heteroatoms. The zero-order valence-corrected chi connectivity index (χ0v) is 12.7. The zero-order chi connectivity index (χ0) is 14.0. The molecule has 1 aliphatic rings. The number of hydrogen-bond acceptors (Lipinski definition) is 2. The molecule has 0 amide bonds. The first kappa shape index (κ1) is 13.7. The van der Waals surface area contributed by atoms with Crippen LogP contribution in [0.1, 0.15) is 31.4 Å². The summed E-state index contributed by atoms with van der Waals surface area (Å²) in [7, 11) is 0. The van der Waals surface area contributed by atoms with Crippen molar-refractivity contribution in [3.05, 3.63) is 60.2 Å². The molecule has 0 aliphatic carbocycles. The minimum absolute atomic E-state index is 0.125. The third-order valence-corrected chi connectivity index (χ3v) is 5.89. The Morgan fingerprint density at radius 3 is 2.25 bits per heavy atom. The Kier molecular flexibility index (Phi) is 3.86. The number of hydrogen-bond donors (Lipinski definition) is 1. The van der Waals surface area contributed by atoms with E-state index in [9.17, 15) is 0 Å². The van der Waals surface area contributed by atoms with Gasteiger partial charge in [-0.3, -0.25) is 0 Å². The van der Waals surface area contributed by atoms with Crippen molar-refractivity contribution < 1.29 is 0 Å². The minimum atomic E-state index is 0.125. The van der Waals surface area contributed by atoms with Crippen LogP contribution in [0.25, 0.3) is 11.1 Å². The second-order valence-corrected chi connectivity index (χ2v) is 7.36. The second-order valence-electron chi connectivity index (χ2n) is 5.73. The summed E-state index contributed by atoms with van der Waals surface area (Å²) in [6.45, 7) is 2.31. The number of benzene rings is 2. The Labute approximate surface area is 125 Å². The molecule has 1 heterocycles. The van der Waals surface area contributed by atoms with Gasteiger partial charge in [-0.05, 0) is 42.2 Å². The van der Waals surface area contributed by atoms with Gasteiger partial charge in [0.2, 0.25) is 0 Å². The quantitative estimate of drug-likeness (QED) is 0.888. The van der Waals surface area contributed by atoms with Gasteiger partial charge in [0.05, 0.1) is 0 Å². The van der Waals surface area contributed by atoms with E-state index in [0.29, 0.717) is 0 Å². The summed E-state index contributed by atoms with van der Waals surface area (Å²) in [6.07, 6.45) is 2.51. The van der Waals surface area contributed by atoms with Crippen LogP contribution in [0.3, 0.4) is 0 Å². The van der Waals surface area contributed by atoms with E-state index in [0.717, 1.165) is 0 Å². The Morgan fingerprint density at radius 2 is 1.65 bits per heavy atom. The highest BCUT2D eigenvalue weighted by atomic mass is 32.2. The molecule has 1 fully saturated rings. The van der Waals surface area contributed by atoms with Gasteiger partial charge in [-0.15, -0.1) is 0 Å². The summed E-state index contributed by atoms with van der Waals surface area (Å²) in [6, 6.07) is 19.4. The van der Waals surface area contributed by atoms with Crippen molar-refractivity contribution in [1.82, 2.24) is 0 Å². The summed E-state index contributed by atoms with van der Waals surface area (Å²) in [4.78, 5) is 0. The van der Waals surface area contributed by atoms with E-state index in [1.165, 1.54) is 35.3 Å². The zero-order valence-electron chi connectivity index (χ0n) is 11.9. The van der Waals surface area contributed by atoms with E-state index >= 15 is 0 Å². The molecule has 0 radical (unpaired) electrons. The van der Waals surface area contributed by atoms with Gasteiger partial charge in [0, 0.05) is 10.8 Å². The van der Waals surface area contributed by atoms with Crippen LogP contribution in [0.2, 0.25) is 0 Å². The van der Waals surface area contributed by atoms with Gasteiger partial charge in [-0.2, -0.15) is 11.8 Å². The fourth-order valence-electron chi connectivity index (χ4n) is 2.91. The van der Waals surface area contributed by atoms with Crippen molar-refractivity contribution in [3.8, 4) is 11.1 Å². The van der Waals surface area contributed by atoms with E-state index in [1.807, 2.05) is 17.8 Å². The first-order valence-corrected chi connectivity index (χ1v) is 8.22. The minimum Gasteiger partial charge on any atom is -0.323 e. The lowest BCUT2D eigenvalue weighted by Gasteiger charge is -2.30. The van der Waals surface area contributed by atoms with Gasteiger partial charge in [-0.1, -0.05) is 54.6 Å². The van der Waals surface area contributed by atoms with Gasteiger partial charge in [0.25, 0.3) is 0 Å². The van der Waals surface area contributed by atoms with Gasteiger partial charge in [0.1, 0.15) is 0 Å². The molecule has 1 nitrogen and oxygen atoms in total. The normalized spacial score (nSPS) is 23.7. The van der Waals surface area contributed by atoms with Crippen LogP contribution in [-0.2, 0) is 0 Å². The molecule has 1 saturated heterocycles. The monoisotopic (exact) mass is 283 g/mol. The van der Waals surface area contributed by atoms with Crippen molar-refractivity contribution in [3.63, 3.8) is 0 Å². The van der Waals surface area contributed by atoms with Crippen molar-refractivity contribution in [2.24, 2.45) is 5.73 Å². The molecular formula is C18H21NS. The van der Waals surface area contributed by atoms with Crippen molar-refractivity contribution in [2.75, 3.05) is 5.75 Å². The van der Waals surface area contributed by atoms with E-state index in [1.54, 1.807) is 0 Å². The molecule has 104 valence electrons. The van der Waals surface area contributed by atoms with E-state index in [4.69, 9.17) is 5.73 Å². The Bertz CT molecular complexity index is 556. The lowest BCUT2D eigenvalue weighted by Crippen LogP contribution is -2.32. The Hall–Kier alpha value is -1.25. The molecule has 20 heavy (non-hydrogen) atoms. The van der Waals surface area contributed by atoms with Crippen LogP contribution >= 0.6 is 11.8 Å².